The van der Waals surface area contributed by atoms with Crippen molar-refractivity contribution in [3.8, 4) is 0 Å². The van der Waals surface area contributed by atoms with E-state index in [4.69, 9.17) is 9.52 Å². The number of hydrogen-bond donors (Lipinski definition) is 2. The number of nitrogens with zero attached hydrogens (tertiary/aromatic N) is 1. The van der Waals surface area contributed by atoms with E-state index in [9.17, 15) is 4.79 Å². The van der Waals surface area contributed by atoms with Gasteiger partial charge in [0.25, 0.3) is 0 Å². The Labute approximate surface area is 87.5 Å². The Morgan fingerprint density at radius 1 is 1.60 bits per heavy atom. The first-order chi connectivity index (χ1) is 7.27. The minimum Gasteiger partial charge on any atom is -0.476 e. The minimum atomic E-state index is -1.01. The average Bonchev–Trinajstić information content (AvgIpc) is 2.67. The molecule has 5 heteroatoms. The van der Waals surface area contributed by atoms with Crippen molar-refractivity contribution < 1.29 is 14.3 Å². The predicted octanol–water partition coefficient (Wildman–Crippen LogP) is 0.915. The maximum absolute atomic E-state index is 10.8. The number of carboxylic acids is 1. The molecule has 0 spiro atoms. The fourth-order valence-electron chi connectivity index (χ4n) is 1.94. The summed E-state index contributed by atoms with van der Waals surface area (Å²) >= 11 is 0. The van der Waals surface area contributed by atoms with Gasteiger partial charge in [0, 0.05) is 6.42 Å². The van der Waals surface area contributed by atoms with Crippen molar-refractivity contribution in [2.75, 3.05) is 13.1 Å². The predicted molar refractivity (Wildman–Crippen MR) is 52.8 cm³/mol. The molecule has 1 fully saturated rings. The van der Waals surface area contributed by atoms with Crippen LogP contribution in [0.3, 0.4) is 0 Å². The zero-order valence-electron chi connectivity index (χ0n) is 8.40. The van der Waals surface area contributed by atoms with Gasteiger partial charge in [-0.05, 0) is 31.8 Å². The summed E-state index contributed by atoms with van der Waals surface area (Å²) in [7, 11) is 0. The van der Waals surface area contributed by atoms with Crippen molar-refractivity contribution >= 4 is 5.97 Å². The minimum absolute atomic E-state index is 0.0635. The van der Waals surface area contributed by atoms with Gasteiger partial charge in [-0.2, -0.15) is 0 Å². The molecule has 15 heavy (non-hydrogen) atoms. The summed E-state index contributed by atoms with van der Waals surface area (Å²) < 4.78 is 5.12. The normalized spacial score (nSPS) is 17.9. The number of aromatic nitrogens is 1. The summed E-state index contributed by atoms with van der Waals surface area (Å²) in [5.74, 6) is 0.0133. The second kappa shape index (κ2) is 4.44. The van der Waals surface area contributed by atoms with Crippen LogP contribution in [0.5, 0.6) is 0 Å². The number of aromatic carboxylic acids is 1. The molecule has 2 N–H and O–H groups in total. The highest BCUT2D eigenvalue weighted by Crippen LogP contribution is 2.19. The molecule has 1 aromatic rings. The summed E-state index contributed by atoms with van der Waals surface area (Å²) in [6.45, 7) is 2.00. The first-order valence-corrected chi connectivity index (χ1v) is 5.13. The molecule has 0 aliphatic carbocycles. The fourth-order valence-corrected chi connectivity index (χ4v) is 1.94. The molecule has 1 aliphatic rings. The van der Waals surface area contributed by atoms with Crippen LogP contribution in [0.15, 0.2) is 10.8 Å². The van der Waals surface area contributed by atoms with Crippen molar-refractivity contribution in [1.82, 2.24) is 10.3 Å². The molecule has 2 rings (SSSR count). The van der Waals surface area contributed by atoms with Gasteiger partial charge < -0.3 is 14.8 Å². The zero-order chi connectivity index (χ0) is 10.7. The van der Waals surface area contributed by atoms with Crippen LogP contribution in [0.2, 0.25) is 0 Å². The number of carboxylic acid groups (broad SMARTS) is 1. The third kappa shape index (κ3) is 2.36. The van der Waals surface area contributed by atoms with Gasteiger partial charge in [0.15, 0.2) is 12.1 Å². The Kier molecular flexibility index (Phi) is 3.01. The largest absolute Gasteiger partial charge is 0.476 e. The molecule has 5 nitrogen and oxygen atoms in total. The quantitative estimate of drug-likeness (QED) is 0.775. The standard InChI is InChI=1S/C10H14N2O3/c13-10(14)9-8(15-6-12-9)5-7-1-3-11-4-2-7/h6-7,11H,1-5H2,(H,13,14). The molecule has 82 valence electrons. The lowest BCUT2D eigenvalue weighted by Crippen LogP contribution is -2.28. The molecular weight excluding hydrogens is 196 g/mol. The smallest absolute Gasteiger partial charge is 0.358 e. The number of piperidine rings is 1. The number of nitrogens with one attached hydrogen (secondary N) is 1. The highest BCUT2D eigenvalue weighted by Gasteiger charge is 2.21. The third-order valence-electron chi connectivity index (χ3n) is 2.78. The van der Waals surface area contributed by atoms with Gasteiger partial charge in [-0.15, -0.1) is 0 Å². The van der Waals surface area contributed by atoms with Crippen molar-refractivity contribution in [2.24, 2.45) is 5.92 Å². The molecule has 0 aromatic carbocycles. The molecule has 1 aromatic heterocycles. The molecule has 0 unspecified atom stereocenters. The molecule has 1 saturated heterocycles. The lowest BCUT2D eigenvalue weighted by Gasteiger charge is -2.21. The highest BCUT2D eigenvalue weighted by atomic mass is 16.4. The van der Waals surface area contributed by atoms with Gasteiger partial charge in [-0.1, -0.05) is 0 Å². The summed E-state index contributed by atoms with van der Waals surface area (Å²) in [5.41, 5.74) is 0.0635. The van der Waals surface area contributed by atoms with Gasteiger partial charge in [0.05, 0.1) is 0 Å². The van der Waals surface area contributed by atoms with Crippen LogP contribution in [-0.2, 0) is 6.42 Å². The Balaban J connectivity index is 2.03. The van der Waals surface area contributed by atoms with Crippen LogP contribution in [0.4, 0.5) is 0 Å². The summed E-state index contributed by atoms with van der Waals surface area (Å²) in [6.07, 6.45) is 4.03. The molecule has 0 bridgehead atoms. The lowest BCUT2D eigenvalue weighted by atomic mass is 9.93. The second-order valence-corrected chi connectivity index (χ2v) is 3.83. The number of oxazole rings is 1. The van der Waals surface area contributed by atoms with E-state index in [2.05, 4.69) is 10.3 Å². The lowest BCUT2D eigenvalue weighted by molar-refractivity contribution is 0.0688. The fraction of sp³-hybridized carbons (Fsp3) is 0.600. The van der Waals surface area contributed by atoms with Gasteiger partial charge in [0.1, 0.15) is 5.76 Å². The van der Waals surface area contributed by atoms with E-state index in [0.717, 1.165) is 25.9 Å². The van der Waals surface area contributed by atoms with E-state index < -0.39 is 5.97 Å². The molecule has 1 aliphatic heterocycles. The van der Waals surface area contributed by atoms with Crippen molar-refractivity contribution in [3.63, 3.8) is 0 Å². The second-order valence-electron chi connectivity index (χ2n) is 3.83. The Morgan fingerprint density at radius 2 is 2.33 bits per heavy atom. The highest BCUT2D eigenvalue weighted by molar-refractivity contribution is 5.86. The Morgan fingerprint density at radius 3 is 3.00 bits per heavy atom. The van der Waals surface area contributed by atoms with Crippen LogP contribution >= 0.6 is 0 Å². The Bertz CT molecular complexity index is 342. The van der Waals surface area contributed by atoms with E-state index in [1.165, 1.54) is 6.39 Å². The molecular formula is C10H14N2O3. The number of carbonyl (C=O) groups is 1. The van der Waals surface area contributed by atoms with Crippen LogP contribution in [0.1, 0.15) is 29.1 Å². The van der Waals surface area contributed by atoms with Gasteiger partial charge >= 0.3 is 5.97 Å². The third-order valence-corrected chi connectivity index (χ3v) is 2.78. The first kappa shape index (κ1) is 10.2. The number of rotatable bonds is 3. The topological polar surface area (TPSA) is 75.4 Å². The van der Waals surface area contributed by atoms with E-state index in [0.29, 0.717) is 18.1 Å². The van der Waals surface area contributed by atoms with E-state index >= 15 is 0 Å². The number of hydrogen-bond acceptors (Lipinski definition) is 4. The molecule has 0 radical (unpaired) electrons. The maximum Gasteiger partial charge on any atom is 0.358 e. The van der Waals surface area contributed by atoms with E-state index in [1.54, 1.807) is 0 Å². The molecule has 2 heterocycles. The van der Waals surface area contributed by atoms with Crippen LogP contribution in [0.25, 0.3) is 0 Å². The summed E-state index contributed by atoms with van der Waals surface area (Å²) in [4.78, 5) is 14.5. The first-order valence-electron chi connectivity index (χ1n) is 5.13. The molecule has 0 amide bonds. The van der Waals surface area contributed by atoms with Crippen LogP contribution < -0.4 is 5.32 Å². The van der Waals surface area contributed by atoms with Gasteiger partial charge in [-0.3, -0.25) is 0 Å². The van der Waals surface area contributed by atoms with Crippen molar-refractivity contribution in [2.45, 2.75) is 19.3 Å². The summed E-state index contributed by atoms with van der Waals surface area (Å²) in [6, 6.07) is 0. The van der Waals surface area contributed by atoms with Crippen molar-refractivity contribution in [3.05, 3.63) is 17.8 Å². The van der Waals surface area contributed by atoms with Crippen LogP contribution in [0, 0.1) is 5.92 Å². The monoisotopic (exact) mass is 210 g/mol. The maximum atomic E-state index is 10.8. The summed E-state index contributed by atoms with van der Waals surface area (Å²) in [5, 5.41) is 12.1. The van der Waals surface area contributed by atoms with Gasteiger partial charge in [0.2, 0.25) is 0 Å². The van der Waals surface area contributed by atoms with Crippen LogP contribution in [-0.4, -0.2) is 29.1 Å². The molecule has 0 saturated carbocycles. The zero-order valence-corrected chi connectivity index (χ0v) is 8.40. The van der Waals surface area contributed by atoms with Gasteiger partial charge in [-0.25, -0.2) is 9.78 Å². The SMILES string of the molecule is O=C(O)c1ncoc1CC1CCNCC1. The average molecular weight is 210 g/mol. The Hall–Kier alpha value is -1.36. The van der Waals surface area contributed by atoms with E-state index in [1.807, 2.05) is 0 Å². The van der Waals surface area contributed by atoms with Crippen molar-refractivity contribution in [1.29, 1.82) is 0 Å². The van der Waals surface area contributed by atoms with E-state index in [-0.39, 0.29) is 5.69 Å². The molecule has 0 atom stereocenters.